The number of rotatable bonds is 0. The van der Waals surface area contributed by atoms with Gasteiger partial charge in [0.15, 0.2) is 0 Å². The average Bonchev–Trinajstić information content (AvgIpc) is 1.99. The smallest absolute Gasteiger partial charge is 0.340 e. The molecule has 0 aromatic rings. The zero-order valence-corrected chi connectivity index (χ0v) is 8.32. The van der Waals surface area contributed by atoms with E-state index in [0.717, 1.165) is 0 Å². The zero-order chi connectivity index (χ0) is 10.3. The Morgan fingerprint density at radius 3 is 2.79 bits per heavy atom. The first-order valence-electron chi connectivity index (χ1n) is 4.86. The van der Waals surface area contributed by atoms with Crippen LogP contribution in [0.2, 0.25) is 0 Å². The summed E-state index contributed by atoms with van der Waals surface area (Å²) in [6.45, 7) is 3.71. The first-order valence-corrected chi connectivity index (χ1v) is 4.86. The number of esters is 1. The quantitative estimate of drug-likeness (QED) is 0.596. The molecule has 2 heterocycles. The van der Waals surface area contributed by atoms with Gasteiger partial charge in [0.25, 0.3) is 0 Å². The summed E-state index contributed by atoms with van der Waals surface area (Å²) >= 11 is 0. The zero-order valence-electron chi connectivity index (χ0n) is 8.32. The predicted molar refractivity (Wildman–Crippen MR) is 48.8 cm³/mol. The monoisotopic (exact) mass is 198 g/mol. The lowest BCUT2D eigenvalue weighted by Crippen LogP contribution is -2.40. The van der Waals surface area contributed by atoms with Crippen LogP contribution in [0.1, 0.15) is 26.7 Å². The highest BCUT2D eigenvalue weighted by atomic mass is 16.6. The van der Waals surface area contributed by atoms with Crippen LogP contribution >= 0.6 is 0 Å². The Hall–Kier alpha value is -1.03. The lowest BCUT2D eigenvalue weighted by Gasteiger charge is -2.34. The third-order valence-electron chi connectivity index (χ3n) is 2.58. The van der Waals surface area contributed by atoms with E-state index in [9.17, 15) is 9.90 Å². The maximum Gasteiger partial charge on any atom is 0.340 e. The second-order valence-electron chi connectivity index (χ2n) is 3.95. The van der Waals surface area contributed by atoms with Gasteiger partial charge < -0.3 is 14.6 Å². The molecule has 0 radical (unpaired) electrons. The molecule has 4 nitrogen and oxygen atoms in total. The summed E-state index contributed by atoms with van der Waals surface area (Å²) in [7, 11) is 0. The van der Waals surface area contributed by atoms with Gasteiger partial charge in [0.05, 0.1) is 12.2 Å². The summed E-state index contributed by atoms with van der Waals surface area (Å²) < 4.78 is 10.6. The molecule has 3 atom stereocenters. The number of hydrogen-bond donors (Lipinski definition) is 1. The molecule has 0 aromatic heterocycles. The van der Waals surface area contributed by atoms with Gasteiger partial charge in [0, 0.05) is 12.8 Å². The summed E-state index contributed by atoms with van der Waals surface area (Å²) in [6, 6.07) is 0. The van der Waals surface area contributed by atoms with E-state index in [1.54, 1.807) is 0 Å². The molecular formula is C10H14O4. The molecule has 0 bridgehead atoms. The minimum atomic E-state index is -0.432. The molecule has 0 unspecified atom stereocenters. The number of carbonyl (C=O) groups excluding carboxylic acids is 1. The van der Waals surface area contributed by atoms with Crippen LogP contribution < -0.4 is 0 Å². The number of hydrogen-bond acceptors (Lipinski definition) is 4. The molecule has 1 N–H and O–H groups in total. The topological polar surface area (TPSA) is 55.8 Å². The maximum absolute atomic E-state index is 11.4. The third-order valence-corrected chi connectivity index (χ3v) is 2.58. The van der Waals surface area contributed by atoms with E-state index in [1.807, 2.05) is 13.8 Å². The highest BCUT2D eigenvalue weighted by Gasteiger charge is 2.38. The summed E-state index contributed by atoms with van der Waals surface area (Å²) in [4.78, 5) is 11.4. The summed E-state index contributed by atoms with van der Waals surface area (Å²) in [6.07, 6.45) is 0.594. The summed E-state index contributed by atoms with van der Waals surface area (Å²) in [5.41, 5.74) is 0.321. The van der Waals surface area contributed by atoms with Crippen molar-refractivity contribution in [1.29, 1.82) is 0 Å². The Bertz CT molecular complexity index is 294. The highest BCUT2D eigenvalue weighted by molar-refractivity contribution is 5.91. The van der Waals surface area contributed by atoms with Crippen LogP contribution in [0, 0.1) is 0 Å². The highest BCUT2D eigenvalue weighted by Crippen LogP contribution is 2.31. The molecule has 0 saturated carbocycles. The van der Waals surface area contributed by atoms with Crippen LogP contribution in [0.25, 0.3) is 0 Å². The van der Waals surface area contributed by atoms with Crippen molar-refractivity contribution in [2.24, 2.45) is 0 Å². The number of ether oxygens (including phenoxy) is 2. The Labute approximate surface area is 82.5 Å². The van der Waals surface area contributed by atoms with Crippen molar-refractivity contribution in [2.75, 3.05) is 0 Å². The summed E-state index contributed by atoms with van der Waals surface area (Å²) in [5, 5.41) is 9.63. The molecule has 2 aliphatic rings. The van der Waals surface area contributed by atoms with Gasteiger partial charge in [0.1, 0.15) is 17.4 Å². The fraction of sp³-hybridized carbons (Fsp3) is 0.700. The Kier molecular flexibility index (Phi) is 2.23. The molecule has 78 valence electrons. The lowest BCUT2D eigenvalue weighted by molar-refractivity contribution is -0.156. The standard InChI is InChI=1S/C10H14O4/c1-5-3-7(11)9-8(13-5)4-6(2)14-10(9)12/h5-6,8,11H,3-4H2,1-2H3/t5-,6-,8+/m0/s1. The Morgan fingerprint density at radius 2 is 2.07 bits per heavy atom. The fourth-order valence-corrected chi connectivity index (χ4v) is 1.98. The van der Waals surface area contributed by atoms with E-state index in [1.165, 1.54) is 0 Å². The van der Waals surface area contributed by atoms with Gasteiger partial charge in [-0.3, -0.25) is 0 Å². The van der Waals surface area contributed by atoms with Gasteiger partial charge >= 0.3 is 5.97 Å². The van der Waals surface area contributed by atoms with Crippen LogP contribution in [0.15, 0.2) is 11.3 Å². The van der Waals surface area contributed by atoms with E-state index < -0.39 is 5.97 Å². The molecular weight excluding hydrogens is 184 g/mol. The molecule has 2 rings (SSSR count). The number of fused-ring (bicyclic) bond motifs is 1. The van der Waals surface area contributed by atoms with Crippen LogP contribution in [-0.4, -0.2) is 29.4 Å². The predicted octanol–water partition coefficient (Wildman–Crippen LogP) is 1.31. The lowest BCUT2D eigenvalue weighted by atomic mass is 9.95. The van der Waals surface area contributed by atoms with E-state index >= 15 is 0 Å². The van der Waals surface area contributed by atoms with E-state index in [2.05, 4.69) is 0 Å². The van der Waals surface area contributed by atoms with Gasteiger partial charge in [-0.15, -0.1) is 0 Å². The molecule has 0 spiro atoms. The SMILES string of the molecule is C[C@H]1C[C@H]2O[C@@H](C)CC(O)=C2C(=O)O1. The van der Waals surface area contributed by atoms with Crippen molar-refractivity contribution in [3.63, 3.8) is 0 Å². The molecule has 14 heavy (non-hydrogen) atoms. The van der Waals surface area contributed by atoms with Crippen molar-refractivity contribution in [1.82, 2.24) is 0 Å². The van der Waals surface area contributed by atoms with Crippen molar-refractivity contribution in [3.05, 3.63) is 11.3 Å². The van der Waals surface area contributed by atoms with Gasteiger partial charge in [-0.1, -0.05) is 0 Å². The van der Waals surface area contributed by atoms with Crippen LogP contribution in [-0.2, 0) is 14.3 Å². The fourth-order valence-electron chi connectivity index (χ4n) is 1.98. The minimum absolute atomic E-state index is 0.0261. The van der Waals surface area contributed by atoms with Gasteiger partial charge in [-0.05, 0) is 13.8 Å². The molecule has 0 aromatic carbocycles. The number of cyclic esters (lactones) is 1. The first-order chi connectivity index (χ1) is 6.58. The van der Waals surface area contributed by atoms with Gasteiger partial charge in [-0.2, -0.15) is 0 Å². The average molecular weight is 198 g/mol. The van der Waals surface area contributed by atoms with E-state index in [0.29, 0.717) is 18.4 Å². The second kappa shape index (κ2) is 3.28. The van der Waals surface area contributed by atoms with Crippen molar-refractivity contribution >= 4 is 5.97 Å². The molecule has 0 aliphatic carbocycles. The molecule has 1 saturated heterocycles. The Balaban J connectivity index is 2.30. The Morgan fingerprint density at radius 1 is 1.36 bits per heavy atom. The molecule has 2 aliphatic heterocycles. The molecule has 4 heteroatoms. The number of aliphatic hydroxyl groups is 1. The van der Waals surface area contributed by atoms with Gasteiger partial charge in [0.2, 0.25) is 0 Å². The van der Waals surface area contributed by atoms with E-state index in [-0.39, 0.29) is 24.1 Å². The number of carbonyl (C=O) groups is 1. The van der Waals surface area contributed by atoms with Crippen molar-refractivity contribution in [3.8, 4) is 0 Å². The van der Waals surface area contributed by atoms with Crippen LogP contribution in [0.4, 0.5) is 0 Å². The maximum atomic E-state index is 11.4. The second-order valence-corrected chi connectivity index (χ2v) is 3.95. The first kappa shape index (κ1) is 9.52. The van der Waals surface area contributed by atoms with Crippen molar-refractivity contribution < 1.29 is 19.4 Å². The largest absolute Gasteiger partial charge is 0.512 e. The van der Waals surface area contributed by atoms with E-state index in [4.69, 9.17) is 9.47 Å². The van der Waals surface area contributed by atoms with Gasteiger partial charge in [-0.25, -0.2) is 4.79 Å². The number of aliphatic hydroxyl groups excluding tert-OH is 1. The normalized spacial score (nSPS) is 37.9. The van der Waals surface area contributed by atoms with Crippen molar-refractivity contribution in [2.45, 2.75) is 45.0 Å². The summed E-state index contributed by atoms with van der Waals surface area (Å²) in [5.74, 6) is -0.302. The third kappa shape index (κ3) is 1.50. The molecule has 1 fully saturated rings. The minimum Gasteiger partial charge on any atom is -0.512 e. The van der Waals surface area contributed by atoms with Crippen LogP contribution in [0.5, 0.6) is 0 Å². The molecule has 0 amide bonds. The van der Waals surface area contributed by atoms with Crippen LogP contribution in [0.3, 0.4) is 0 Å².